The van der Waals surface area contributed by atoms with Gasteiger partial charge in [-0.1, -0.05) is 19.3 Å². The number of aliphatic hydroxyl groups excluding tert-OH is 1. The molecule has 8 nitrogen and oxygen atoms in total. The maximum absolute atomic E-state index is 12.9. The topological polar surface area (TPSA) is 92.0 Å². The zero-order valence-corrected chi connectivity index (χ0v) is 18.8. The number of imidazole rings is 1. The molecule has 0 spiro atoms. The molecule has 0 amide bonds. The molecule has 2 fully saturated rings. The van der Waals surface area contributed by atoms with Crippen molar-refractivity contribution >= 4 is 27.8 Å². The van der Waals surface area contributed by atoms with Gasteiger partial charge in [0.2, 0.25) is 0 Å². The molecule has 172 valence electrons. The first kappa shape index (κ1) is 20.5. The van der Waals surface area contributed by atoms with E-state index in [4.69, 9.17) is 4.98 Å². The van der Waals surface area contributed by atoms with Gasteiger partial charge in [-0.15, -0.1) is 0 Å². The fraction of sp³-hybridized carbons (Fsp3) is 0.480. The van der Waals surface area contributed by atoms with E-state index in [9.17, 15) is 9.90 Å². The Morgan fingerprint density at radius 1 is 1.09 bits per heavy atom. The highest BCUT2D eigenvalue weighted by Crippen LogP contribution is 2.35. The number of nitrogens with zero attached hydrogens (tertiary/aromatic N) is 5. The first-order valence-corrected chi connectivity index (χ1v) is 12.2. The molecule has 0 radical (unpaired) electrons. The summed E-state index contributed by atoms with van der Waals surface area (Å²) in [7, 11) is 0. The Balaban J connectivity index is 1.45. The lowest BCUT2D eigenvalue weighted by Crippen LogP contribution is -2.30. The van der Waals surface area contributed by atoms with Gasteiger partial charge in [0.05, 0.1) is 29.4 Å². The average molecular weight is 447 g/mol. The van der Waals surface area contributed by atoms with Crippen LogP contribution in [0.4, 0.5) is 5.69 Å². The molecular formula is C25H30N6O2. The van der Waals surface area contributed by atoms with Gasteiger partial charge in [-0.25, -0.2) is 9.97 Å². The molecule has 4 heterocycles. The summed E-state index contributed by atoms with van der Waals surface area (Å²) >= 11 is 0. The molecule has 1 aliphatic heterocycles. The Kier molecular flexibility index (Phi) is 5.17. The molecule has 1 atom stereocenters. The molecule has 1 unspecified atom stereocenters. The van der Waals surface area contributed by atoms with E-state index in [1.165, 1.54) is 38.4 Å². The number of hydrogen-bond acceptors (Lipinski definition) is 5. The van der Waals surface area contributed by atoms with Gasteiger partial charge < -0.3 is 19.6 Å². The van der Waals surface area contributed by atoms with Crippen LogP contribution in [-0.4, -0.2) is 48.4 Å². The van der Waals surface area contributed by atoms with Crippen molar-refractivity contribution in [2.45, 2.75) is 63.5 Å². The Morgan fingerprint density at radius 3 is 2.82 bits per heavy atom. The maximum atomic E-state index is 12.9. The van der Waals surface area contributed by atoms with Crippen LogP contribution < -0.4 is 10.5 Å². The van der Waals surface area contributed by atoms with Gasteiger partial charge >= 0.3 is 0 Å². The van der Waals surface area contributed by atoms with Crippen LogP contribution in [0, 0.1) is 0 Å². The van der Waals surface area contributed by atoms with Crippen molar-refractivity contribution in [3.8, 4) is 5.69 Å². The number of aliphatic hydroxyl groups is 1. The fourth-order valence-corrected chi connectivity index (χ4v) is 5.89. The van der Waals surface area contributed by atoms with Crippen molar-refractivity contribution < 1.29 is 5.11 Å². The summed E-state index contributed by atoms with van der Waals surface area (Å²) in [4.78, 5) is 27.1. The number of H-pyrrole nitrogens is 1. The van der Waals surface area contributed by atoms with Crippen LogP contribution in [0.1, 0.15) is 57.4 Å². The summed E-state index contributed by atoms with van der Waals surface area (Å²) < 4.78 is 4.34. The number of aromatic nitrogens is 5. The van der Waals surface area contributed by atoms with Gasteiger partial charge in [0.1, 0.15) is 5.39 Å². The number of aromatic amines is 1. The van der Waals surface area contributed by atoms with Crippen molar-refractivity contribution in [3.05, 3.63) is 47.4 Å². The number of nitrogens with one attached hydrogen (secondary N) is 1. The van der Waals surface area contributed by atoms with Crippen molar-refractivity contribution in [3.63, 3.8) is 0 Å². The molecule has 3 aromatic heterocycles. The third-order valence-electron chi connectivity index (χ3n) is 7.52. The zero-order chi connectivity index (χ0) is 22.4. The van der Waals surface area contributed by atoms with Crippen LogP contribution in [0.25, 0.3) is 27.8 Å². The van der Waals surface area contributed by atoms with E-state index in [-0.39, 0.29) is 18.2 Å². The van der Waals surface area contributed by atoms with Crippen LogP contribution in [0.2, 0.25) is 0 Å². The molecule has 8 heteroatoms. The van der Waals surface area contributed by atoms with Crippen LogP contribution in [0.5, 0.6) is 0 Å². The van der Waals surface area contributed by atoms with E-state index in [2.05, 4.69) is 37.6 Å². The lowest BCUT2D eigenvalue weighted by atomic mass is 9.95. The van der Waals surface area contributed by atoms with Gasteiger partial charge in [-0.2, -0.15) is 0 Å². The Bertz CT molecular complexity index is 1350. The summed E-state index contributed by atoms with van der Waals surface area (Å²) in [5, 5.41) is 10.1. The smallest absolute Gasteiger partial charge is 0.262 e. The predicted molar refractivity (Wildman–Crippen MR) is 129 cm³/mol. The lowest BCUT2D eigenvalue weighted by Gasteiger charge is -2.25. The highest BCUT2D eigenvalue weighted by atomic mass is 16.3. The standard InChI is InChI=1S/C25H30N6O2/c32-12-10-18-7-4-11-29(18)22-14-30(24-23(22)25(33)27-15-26-24)19-8-9-21-20(13-19)28-16-31(21)17-5-2-1-3-6-17/h8-9,13-18,32H,1-7,10-12H2,(H,26,27,33). The SMILES string of the molecule is O=c1[nH]cnc2c1c(N1CCCC1CCO)cn2-c1ccc2c(c1)ncn2C1CCCCC1. The van der Waals surface area contributed by atoms with E-state index in [1.807, 2.05) is 17.1 Å². The molecule has 33 heavy (non-hydrogen) atoms. The molecule has 1 saturated carbocycles. The van der Waals surface area contributed by atoms with E-state index in [0.29, 0.717) is 23.5 Å². The minimum atomic E-state index is -0.133. The second-order valence-corrected chi connectivity index (χ2v) is 9.43. The first-order valence-electron chi connectivity index (χ1n) is 12.2. The lowest BCUT2D eigenvalue weighted by molar-refractivity contribution is 0.276. The monoisotopic (exact) mass is 446 g/mol. The summed E-state index contributed by atoms with van der Waals surface area (Å²) in [6.07, 6.45) is 14.6. The van der Waals surface area contributed by atoms with Gasteiger partial charge in [0, 0.05) is 37.1 Å². The van der Waals surface area contributed by atoms with E-state index in [0.717, 1.165) is 41.8 Å². The Morgan fingerprint density at radius 2 is 1.97 bits per heavy atom. The van der Waals surface area contributed by atoms with Crippen LogP contribution in [0.15, 0.2) is 41.8 Å². The fourth-order valence-electron chi connectivity index (χ4n) is 5.89. The first-order chi connectivity index (χ1) is 16.2. The van der Waals surface area contributed by atoms with Gasteiger partial charge in [0.15, 0.2) is 5.65 Å². The summed E-state index contributed by atoms with van der Waals surface area (Å²) in [5.41, 5.74) is 4.48. The molecule has 0 bridgehead atoms. The quantitative estimate of drug-likeness (QED) is 0.485. The van der Waals surface area contributed by atoms with Crippen LogP contribution >= 0.6 is 0 Å². The molecule has 2 aliphatic rings. The number of rotatable bonds is 5. The number of hydrogen-bond donors (Lipinski definition) is 2. The number of fused-ring (bicyclic) bond motifs is 2. The summed E-state index contributed by atoms with van der Waals surface area (Å²) in [6, 6.07) is 7.12. The van der Waals surface area contributed by atoms with E-state index in [1.54, 1.807) is 0 Å². The van der Waals surface area contributed by atoms with Crippen molar-refractivity contribution in [2.24, 2.45) is 0 Å². The molecule has 1 aliphatic carbocycles. The van der Waals surface area contributed by atoms with Gasteiger partial charge in [-0.3, -0.25) is 9.36 Å². The Hall–Kier alpha value is -3.13. The summed E-state index contributed by atoms with van der Waals surface area (Å²) in [6.45, 7) is 1.03. The molecular weight excluding hydrogens is 416 g/mol. The predicted octanol–water partition coefficient (Wildman–Crippen LogP) is 3.92. The minimum absolute atomic E-state index is 0.133. The van der Waals surface area contributed by atoms with Gasteiger partial charge in [0.25, 0.3) is 5.56 Å². The largest absolute Gasteiger partial charge is 0.396 e. The Labute approximate surface area is 191 Å². The third kappa shape index (κ3) is 3.44. The van der Waals surface area contributed by atoms with Crippen LogP contribution in [-0.2, 0) is 0 Å². The number of anilines is 1. The van der Waals surface area contributed by atoms with Crippen LogP contribution in [0.3, 0.4) is 0 Å². The van der Waals surface area contributed by atoms with E-state index < -0.39 is 0 Å². The second kappa shape index (κ2) is 8.33. The molecule has 1 saturated heterocycles. The number of benzene rings is 1. The third-order valence-corrected chi connectivity index (χ3v) is 7.52. The zero-order valence-electron chi connectivity index (χ0n) is 18.8. The molecule has 4 aromatic rings. The van der Waals surface area contributed by atoms with Gasteiger partial charge in [-0.05, 0) is 50.3 Å². The average Bonchev–Trinajstić information content (AvgIpc) is 3.56. The molecule has 1 aromatic carbocycles. The molecule has 2 N–H and O–H groups in total. The van der Waals surface area contributed by atoms with Crippen molar-refractivity contribution in [1.82, 2.24) is 24.1 Å². The summed E-state index contributed by atoms with van der Waals surface area (Å²) in [5.74, 6) is 0. The van der Waals surface area contributed by atoms with Crippen molar-refractivity contribution in [1.29, 1.82) is 0 Å². The van der Waals surface area contributed by atoms with E-state index >= 15 is 0 Å². The second-order valence-electron chi connectivity index (χ2n) is 9.43. The normalized spacial score (nSPS) is 19.8. The maximum Gasteiger partial charge on any atom is 0.262 e. The highest BCUT2D eigenvalue weighted by molar-refractivity contribution is 5.92. The minimum Gasteiger partial charge on any atom is -0.396 e. The molecule has 6 rings (SSSR count). The van der Waals surface area contributed by atoms with Crippen molar-refractivity contribution in [2.75, 3.05) is 18.1 Å². The highest BCUT2D eigenvalue weighted by Gasteiger charge is 2.28.